The predicted molar refractivity (Wildman–Crippen MR) is 71.2 cm³/mol. The first-order valence-electron chi connectivity index (χ1n) is 6.90. The van der Waals surface area contributed by atoms with Crippen LogP contribution in [0.4, 0.5) is 0 Å². The number of piperidine rings is 1. The van der Waals surface area contributed by atoms with Crippen LogP contribution in [0.3, 0.4) is 0 Å². The fraction of sp³-hybridized carbons (Fsp3) is 0.692. The molecule has 7 nitrogen and oxygen atoms in total. The number of hydrogen-bond donors (Lipinski definition) is 2. The maximum absolute atomic E-state index is 12.2. The molecule has 7 heteroatoms. The second kappa shape index (κ2) is 5.60. The monoisotopic (exact) mass is 280 g/mol. The van der Waals surface area contributed by atoms with Gasteiger partial charge in [0.25, 0.3) is 5.91 Å². The van der Waals surface area contributed by atoms with Crippen LogP contribution in [0.5, 0.6) is 0 Å². The molecule has 0 spiro atoms. The van der Waals surface area contributed by atoms with E-state index in [0.29, 0.717) is 38.2 Å². The van der Waals surface area contributed by atoms with Crippen molar-refractivity contribution in [2.24, 2.45) is 5.41 Å². The Morgan fingerprint density at radius 3 is 2.50 bits per heavy atom. The lowest BCUT2D eigenvalue weighted by Gasteiger charge is -2.38. The lowest BCUT2D eigenvalue weighted by Crippen LogP contribution is -2.46. The van der Waals surface area contributed by atoms with Crippen molar-refractivity contribution in [2.75, 3.05) is 13.1 Å². The van der Waals surface area contributed by atoms with Crippen LogP contribution >= 0.6 is 0 Å². The van der Waals surface area contributed by atoms with Gasteiger partial charge in [0.05, 0.1) is 5.41 Å². The highest BCUT2D eigenvalue weighted by atomic mass is 16.4. The molecule has 2 heterocycles. The van der Waals surface area contributed by atoms with E-state index in [1.54, 1.807) is 11.8 Å². The third-order valence-electron chi connectivity index (χ3n) is 3.98. The summed E-state index contributed by atoms with van der Waals surface area (Å²) in [4.78, 5) is 29.3. The van der Waals surface area contributed by atoms with Gasteiger partial charge in [-0.2, -0.15) is 0 Å². The van der Waals surface area contributed by atoms with Crippen molar-refractivity contribution in [3.63, 3.8) is 0 Å². The van der Waals surface area contributed by atoms with Crippen molar-refractivity contribution in [3.8, 4) is 0 Å². The number of rotatable bonds is 4. The molecular formula is C13H20N4O3. The van der Waals surface area contributed by atoms with Crippen LogP contribution < -0.4 is 0 Å². The summed E-state index contributed by atoms with van der Waals surface area (Å²) in [6.07, 6.45) is 2.47. The van der Waals surface area contributed by atoms with Crippen LogP contribution in [0.1, 0.15) is 49.1 Å². The van der Waals surface area contributed by atoms with Gasteiger partial charge in [-0.3, -0.25) is 14.7 Å². The minimum Gasteiger partial charge on any atom is -0.481 e. The molecule has 1 aliphatic heterocycles. The smallest absolute Gasteiger partial charge is 0.309 e. The first-order chi connectivity index (χ1) is 9.48. The first-order valence-corrected chi connectivity index (χ1v) is 6.90. The second-order valence-corrected chi connectivity index (χ2v) is 5.37. The molecule has 0 aliphatic carbocycles. The number of aliphatic carboxylic acids is 1. The molecule has 0 saturated carbocycles. The molecule has 0 unspecified atom stereocenters. The van der Waals surface area contributed by atoms with Gasteiger partial charge in [0.2, 0.25) is 5.82 Å². The molecule has 1 fully saturated rings. The van der Waals surface area contributed by atoms with Gasteiger partial charge >= 0.3 is 5.97 Å². The van der Waals surface area contributed by atoms with Gasteiger partial charge in [-0.1, -0.05) is 13.3 Å². The second-order valence-electron chi connectivity index (χ2n) is 5.37. The maximum atomic E-state index is 12.2. The number of carbonyl (C=O) groups is 2. The number of carboxylic acids is 1. The number of nitrogens with one attached hydrogen (secondary N) is 1. The van der Waals surface area contributed by atoms with Gasteiger partial charge in [-0.25, -0.2) is 4.98 Å². The predicted octanol–water partition coefficient (Wildman–Crippen LogP) is 1.22. The Hall–Kier alpha value is -1.92. The van der Waals surface area contributed by atoms with Crippen molar-refractivity contribution in [1.82, 2.24) is 20.1 Å². The van der Waals surface area contributed by atoms with Crippen LogP contribution in [0.2, 0.25) is 0 Å². The third kappa shape index (κ3) is 2.66. The van der Waals surface area contributed by atoms with E-state index in [9.17, 15) is 14.7 Å². The summed E-state index contributed by atoms with van der Waals surface area (Å²) in [6.45, 7) is 4.60. The highest BCUT2D eigenvalue weighted by Crippen LogP contribution is 2.36. The average Bonchev–Trinajstić information content (AvgIpc) is 2.85. The van der Waals surface area contributed by atoms with Crippen LogP contribution in [0.15, 0.2) is 0 Å². The molecule has 1 amide bonds. The molecule has 0 bridgehead atoms. The molecule has 2 N–H and O–H groups in total. The van der Waals surface area contributed by atoms with E-state index in [2.05, 4.69) is 15.2 Å². The van der Waals surface area contributed by atoms with Crippen molar-refractivity contribution in [1.29, 1.82) is 0 Å². The molecule has 1 aromatic heterocycles. The number of carbonyl (C=O) groups excluding carboxylic acids is 1. The minimum absolute atomic E-state index is 0.154. The lowest BCUT2D eigenvalue weighted by molar-refractivity contribution is -0.152. The minimum atomic E-state index is -0.750. The van der Waals surface area contributed by atoms with Gasteiger partial charge in [0.15, 0.2) is 0 Å². The molecule has 20 heavy (non-hydrogen) atoms. The molecule has 0 atom stereocenters. The van der Waals surface area contributed by atoms with Crippen LogP contribution in [0, 0.1) is 12.3 Å². The van der Waals surface area contributed by atoms with E-state index in [1.165, 1.54) is 0 Å². The van der Waals surface area contributed by atoms with Crippen LogP contribution in [-0.2, 0) is 4.79 Å². The third-order valence-corrected chi connectivity index (χ3v) is 3.98. The van der Waals surface area contributed by atoms with Gasteiger partial charge in [-0.05, 0) is 26.2 Å². The fourth-order valence-electron chi connectivity index (χ4n) is 2.77. The molecule has 1 aliphatic rings. The van der Waals surface area contributed by atoms with E-state index in [-0.39, 0.29) is 11.7 Å². The maximum Gasteiger partial charge on any atom is 0.309 e. The number of aromatic nitrogens is 3. The Labute approximate surface area is 117 Å². The summed E-state index contributed by atoms with van der Waals surface area (Å²) in [7, 11) is 0. The molecule has 110 valence electrons. The Bertz CT molecular complexity index is 503. The first kappa shape index (κ1) is 14.5. The van der Waals surface area contributed by atoms with E-state index in [4.69, 9.17) is 0 Å². The molecule has 0 aromatic carbocycles. The Morgan fingerprint density at radius 2 is 2.05 bits per heavy atom. The summed E-state index contributed by atoms with van der Waals surface area (Å²) in [5.74, 6) is -0.234. The number of amides is 1. The topological polar surface area (TPSA) is 99.2 Å². The summed E-state index contributed by atoms with van der Waals surface area (Å²) in [6, 6.07) is 0. The highest BCUT2D eigenvalue weighted by Gasteiger charge is 2.41. The largest absolute Gasteiger partial charge is 0.481 e. The van der Waals surface area contributed by atoms with Gasteiger partial charge < -0.3 is 10.0 Å². The van der Waals surface area contributed by atoms with Crippen molar-refractivity contribution < 1.29 is 14.7 Å². The van der Waals surface area contributed by atoms with E-state index in [1.807, 2.05) is 6.92 Å². The Kier molecular flexibility index (Phi) is 4.06. The summed E-state index contributed by atoms with van der Waals surface area (Å²) in [5, 5.41) is 15.9. The number of carboxylic acid groups (broad SMARTS) is 1. The van der Waals surface area contributed by atoms with Crippen molar-refractivity contribution in [3.05, 3.63) is 11.6 Å². The summed E-state index contributed by atoms with van der Waals surface area (Å²) in [5.41, 5.74) is -0.680. The van der Waals surface area contributed by atoms with Gasteiger partial charge in [0.1, 0.15) is 5.82 Å². The zero-order valence-electron chi connectivity index (χ0n) is 11.8. The Balaban J connectivity index is 2.03. The normalized spacial score (nSPS) is 18.0. The zero-order valence-corrected chi connectivity index (χ0v) is 11.8. The van der Waals surface area contributed by atoms with Gasteiger partial charge in [0, 0.05) is 13.1 Å². The Morgan fingerprint density at radius 1 is 1.40 bits per heavy atom. The van der Waals surface area contributed by atoms with Gasteiger partial charge in [-0.15, -0.1) is 5.10 Å². The molecular weight excluding hydrogens is 260 g/mol. The average molecular weight is 280 g/mol. The number of nitrogens with zero attached hydrogens (tertiary/aromatic N) is 3. The fourth-order valence-corrected chi connectivity index (χ4v) is 2.77. The summed E-state index contributed by atoms with van der Waals surface area (Å²) < 4.78 is 0. The number of H-pyrrole nitrogens is 1. The molecule has 2 rings (SSSR count). The lowest BCUT2D eigenvalue weighted by atomic mass is 9.75. The standard InChI is InChI=1S/C13H20N4O3/c1-3-4-13(12(19)20)5-7-17(8-6-13)11(18)10-14-9(2)15-16-10/h3-8H2,1-2H3,(H,19,20)(H,14,15,16). The number of hydrogen-bond acceptors (Lipinski definition) is 4. The molecule has 1 saturated heterocycles. The molecule has 0 radical (unpaired) electrons. The zero-order chi connectivity index (χ0) is 14.8. The van der Waals surface area contributed by atoms with Crippen molar-refractivity contribution in [2.45, 2.75) is 39.5 Å². The van der Waals surface area contributed by atoms with E-state index >= 15 is 0 Å². The van der Waals surface area contributed by atoms with E-state index in [0.717, 1.165) is 6.42 Å². The number of aryl methyl sites for hydroxylation is 1. The number of likely N-dealkylation sites (tertiary alicyclic amines) is 1. The van der Waals surface area contributed by atoms with E-state index < -0.39 is 11.4 Å². The van der Waals surface area contributed by atoms with Crippen LogP contribution in [-0.4, -0.2) is 50.2 Å². The SMILES string of the molecule is CCCC1(C(=O)O)CCN(C(=O)c2n[nH]c(C)n2)CC1. The van der Waals surface area contributed by atoms with Crippen molar-refractivity contribution >= 4 is 11.9 Å². The highest BCUT2D eigenvalue weighted by molar-refractivity contribution is 5.90. The summed E-state index contributed by atoms with van der Waals surface area (Å²) >= 11 is 0. The number of aromatic amines is 1. The quantitative estimate of drug-likeness (QED) is 0.864. The van der Waals surface area contributed by atoms with Crippen LogP contribution in [0.25, 0.3) is 0 Å². The molecule has 1 aromatic rings.